The Morgan fingerprint density at radius 3 is 2.75 bits per heavy atom. The maximum Gasteiger partial charge on any atom is 0.254 e. The van der Waals surface area contributed by atoms with Crippen LogP contribution in [-0.4, -0.2) is 53.7 Å². The number of benzene rings is 1. The molecule has 2 fully saturated rings. The summed E-state index contributed by atoms with van der Waals surface area (Å²) in [4.78, 5) is 20.0. The van der Waals surface area contributed by atoms with Gasteiger partial charge < -0.3 is 10.1 Å². The van der Waals surface area contributed by atoms with Crippen molar-refractivity contribution in [2.45, 2.75) is 45.4 Å². The zero-order valence-corrected chi connectivity index (χ0v) is 16.9. The number of pyridine rings is 1. The molecule has 4 rings (SSSR count). The normalized spacial score (nSPS) is 24.9. The molecule has 3 heterocycles. The summed E-state index contributed by atoms with van der Waals surface area (Å²) in [6, 6.07) is 12.5. The zero-order chi connectivity index (χ0) is 19.7. The smallest absolute Gasteiger partial charge is 0.254 e. The number of nitrogens with zero attached hydrogens (tertiary/aromatic N) is 2. The van der Waals surface area contributed by atoms with Crippen molar-refractivity contribution >= 4 is 5.91 Å². The number of aryl methyl sites for hydroxylation is 1. The Kier molecular flexibility index (Phi) is 5.47. The van der Waals surface area contributed by atoms with E-state index in [0.717, 1.165) is 42.9 Å². The molecule has 1 aromatic heterocycles. The number of morpholine rings is 1. The Bertz CT molecular complexity index is 837. The third kappa shape index (κ3) is 3.82. The van der Waals surface area contributed by atoms with Gasteiger partial charge in [-0.3, -0.25) is 14.7 Å². The molecular weight excluding hydrogens is 350 g/mol. The van der Waals surface area contributed by atoms with Crippen LogP contribution in [0, 0.1) is 12.8 Å². The molecule has 148 valence electrons. The van der Waals surface area contributed by atoms with Gasteiger partial charge in [0.25, 0.3) is 5.91 Å². The van der Waals surface area contributed by atoms with E-state index in [4.69, 9.17) is 4.74 Å². The lowest BCUT2D eigenvalue weighted by molar-refractivity contribution is -0.0683. The van der Waals surface area contributed by atoms with E-state index >= 15 is 0 Å². The number of hydrogen-bond acceptors (Lipinski definition) is 4. The van der Waals surface area contributed by atoms with E-state index in [1.807, 2.05) is 43.3 Å². The maximum atomic E-state index is 13.2. The van der Waals surface area contributed by atoms with Crippen LogP contribution in [0.25, 0.3) is 11.1 Å². The number of hydrogen-bond donors (Lipinski definition) is 1. The minimum absolute atomic E-state index is 0.0318. The van der Waals surface area contributed by atoms with Crippen molar-refractivity contribution in [3.8, 4) is 11.1 Å². The standard InChI is InChI=1S/C23H29N3O2/c1-15(2)21-13-26-12-18(11-19(26)14-28-21)25-23(27)22-16(3)24-10-9-20(22)17-7-5-4-6-8-17/h4-10,15,18-19,21H,11-14H2,1-3H3,(H,25,27)/t18-,19+,21-/m1/s1. The molecule has 0 radical (unpaired) electrons. The Hall–Kier alpha value is -2.24. The third-order valence-electron chi connectivity index (χ3n) is 5.98. The van der Waals surface area contributed by atoms with Gasteiger partial charge in [-0.15, -0.1) is 0 Å². The highest BCUT2D eigenvalue weighted by Gasteiger charge is 2.38. The lowest BCUT2D eigenvalue weighted by Gasteiger charge is -2.36. The molecule has 0 aliphatic carbocycles. The summed E-state index contributed by atoms with van der Waals surface area (Å²) in [7, 11) is 0. The molecule has 0 bridgehead atoms. The van der Waals surface area contributed by atoms with Crippen molar-refractivity contribution in [3.63, 3.8) is 0 Å². The Morgan fingerprint density at radius 2 is 2.00 bits per heavy atom. The molecule has 1 amide bonds. The van der Waals surface area contributed by atoms with E-state index in [2.05, 4.69) is 29.0 Å². The van der Waals surface area contributed by atoms with Crippen molar-refractivity contribution in [1.82, 2.24) is 15.2 Å². The number of carbonyl (C=O) groups excluding carboxylic acids is 1. The van der Waals surface area contributed by atoms with Crippen LogP contribution in [0.4, 0.5) is 0 Å². The van der Waals surface area contributed by atoms with Crippen LogP contribution in [0.3, 0.4) is 0 Å². The lowest BCUT2D eigenvalue weighted by atomic mass is 9.98. The summed E-state index contributed by atoms with van der Waals surface area (Å²) in [5.41, 5.74) is 3.41. The van der Waals surface area contributed by atoms with E-state index in [0.29, 0.717) is 17.5 Å². The fourth-order valence-electron chi connectivity index (χ4n) is 4.38. The summed E-state index contributed by atoms with van der Waals surface area (Å²) >= 11 is 0. The molecule has 0 unspecified atom stereocenters. The van der Waals surface area contributed by atoms with Crippen LogP contribution in [0.5, 0.6) is 0 Å². The number of ether oxygens (including phenoxy) is 1. The summed E-state index contributed by atoms with van der Waals surface area (Å²) < 4.78 is 6.02. The minimum atomic E-state index is -0.0318. The quantitative estimate of drug-likeness (QED) is 0.886. The molecule has 2 aromatic rings. The molecule has 28 heavy (non-hydrogen) atoms. The van der Waals surface area contributed by atoms with Crippen molar-refractivity contribution in [2.75, 3.05) is 19.7 Å². The summed E-state index contributed by atoms with van der Waals surface area (Å²) in [5.74, 6) is 0.483. The topological polar surface area (TPSA) is 54.5 Å². The van der Waals surface area contributed by atoms with Gasteiger partial charge >= 0.3 is 0 Å². The lowest BCUT2D eigenvalue weighted by Crippen LogP contribution is -2.48. The summed E-state index contributed by atoms with van der Waals surface area (Å²) in [6.45, 7) is 8.92. The predicted molar refractivity (Wildman–Crippen MR) is 110 cm³/mol. The van der Waals surface area contributed by atoms with Crippen molar-refractivity contribution in [2.24, 2.45) is 5.92 Å². The number of nitrogens with one attached hydrogen (secondary N) is 1. The monoisotopic (exact) mass is 379 g/mol. The van der Waals surface area contributed by atoms with E-state index < -0.39 is 0 Å². The van der Waals surface area contributed by atoms with Crippen molar-refractivity contribution in [1.29, 1.82) is 0 Å². The maximum absolute atomic E-state index is 13.2. The number of carbonyl (C=O) groups is 1. The molecule has 1 aromatic carbocycles. The predicted octanol–water partition coefficient (Wildman–Crippen LogP) is 3.28. The van der Waals surface area contributed by atoms with Crippen LogP contribution in [-0.2, 0) is 4.74 Å². The number of aromatic nitrogens is 1. The fourth-order valence-corrected chi connectivity index (χ4v) is 4.38. The van der Waals surface area contributed by atoms with Crippen LogP contribution in [0.1, 0.15) is 36.3 Å². The Labute approximate surface area is 167 Å². The van der Waals surface area contributed by atoms with E-state index in [1.54, 1.807) is 6.20 Å². The Morgan fingerprint density at radius 1 is 1.21 bits per heavy atom. The molecule has 2 aliphatic rings. The number of rotatable bonds is 4. The van der Waals surface area contributed by atoms with Gasteiger partial charge in [0.15, 0.2) is 0 Å². The van der Waals surface area contributed by atoms with Gasteiger partial charge in [-0.2, -0.15) is 0 Å². The molecule has 3 atom stereocenters. The van der Waals surface area contributed by atoms with Crippen LogP contribution >= 0.6 is 0 Å². The van der Waals surface area contributed by atoms with Crippen LogP contribution in [0.2, 0.25) is 0 Å². The first kappa shape index (κ1) is 19.1. The van der Waals surface area contributed by atoms with Gasteiger partial charge in [-0.1, -0.05) is 44.2 Å². The SMILES string of the molecule is Cc1nccc(-c2ccccc2)c1C(=O)N[C@@H]1C[C@H]2CO[C@@H](C(C)C)CN2C1. The summed E-state index contributed by atoms with van der Waals surface area (Å²) in [5, 5.41) is 3.27. The minimum Gasteiger partial charge on any atom is -0.375 e. The second kappa shape index (κ2) is 8.02. The zero-order valence-electron chi connectivity index (χ0n) is 16.9. The van der Waals surface area contributed by atoms with Crippen LogP contribution in [0.15, 0.2) is 42.6 Å². The largest absolute Gasteiger partial charge is 0.375 e. The third-order valence-corrected chi connectivity index (χ3v) is 5.98. The first-order chi connectivity index (χ1) is 13.5. The summed E-state index contributed by atoms with van der Waals surface area (Å²) in [6.07, 6.45) is 3.00. The highest BCUT2D eigenvalue weighted by Crippen LogP contribution is 2.28. The molecule has 2 aliphatic heterocycles. The van der Waals surface area contributed by atoms with E-state index in [9.17, 15) is 4.79 Å². The molecule has 2 saturated heterocycles. The Balaban J connectivity index is 1.50. The van der Waals surface area contributed by atoms with Gasteiger partial charge in [0, 0.05) is 31.4 Å². The second-order valence-corrected chi connectivity index (χ2v) is 8.31. The van der Waals surface area contributed by atoms with Crippen molar-refractivity contribution < 1.29 is 9.53 Å². The van der Waals surface area contributed by atoms with E-state index in [-0.39, 0.29) is 18.1 Å². The highest BCUT2D eigenvalue weighted by molar-refractivity contribution is 6.02. The molecule has 1 N–H and O–H groups in total. The first-order valence-corrected chi connectivity index (χ1v) is 10.2. The molecule has 5 heteroatoms. The van der Waals surface area contributed by atoms with Gasteiger partial charge in [-0.25, -0.2) is 0 Å². The van der Waals surface area contributed by atoms with Crippen molar-refractivity contribution in [3.05, 3.63) is 53.9 Å². The molecule has 0 spiro atoms. The average Bonchev–Trinajstić information content (AvgIpc) is 3.09. The van der Waals surface area contributed by atoms with Gasteiger partial charge in [-0.05, 0) is 36.5 Å². The number of fused-ring (bicyclic) bond motifs is 1. The first-order valence-electron chi connectivity index (χ1n) is 10.2. The van der Waals surface area contributed by atoms with E-state index in [1.165, 1.54) is 0 Å². The molecule has 0 saturated carbocycles. The van der Waals surface area contributed by atoms with Crippen LogP contribution < -0.4 is 5.32 Å². The average molecular weight is 380 g/mol. The fraction of sp³-hybridized carbons (Fsp3) is 0.478. The second-order valence-electron chi connectivity index (χ2n) is 8.31. The van der Waals surface area contributed by atoms with Gasteiger partial charge in [0.2, 0.25) is 0 Å². The van der Waals surface area contributed by atoms with Gasteiger partial charge in [0.1, 0.15) is 0 Å². The molecular formula is C23H29N3O2. The highest BCUT2D eigenvalue weighted by atomic mass is 16.5. The number of amides is 1. The molecule has 5 nitrogen and oxygen atoms in total. The van der Waals surface area contributed by atoms with Gasteiger partial charge in [0.05, 0.1) is 24.0 Å².